The van der Waals surface area contributed by atoms with Gasteiger partial charge < -0.3 is 4.74 Å². The Hall–Kier alpha value is -1.12. The zero-order chi connectivity index (χ0) is 13.2. The lowest BCUT2D eigenvalue weighted by molar-refractivity contribution is -0.165. The second-order valence-electron chi connectivity index (χ2n) is 4.92. The summed E-state index contributed by atoms with van der Waals surface area (Å²) in [4.78, 5) is 22.2. The van der Waals surface area contributed by atoms with E-state index in [1.54, 1.807) is 0 Å². The average molecular weight is 252 g/mol. The van der Waals surface area contributed by atoms with Crippen LogP contribution in [0.2, 0.25) is 0 Å². The van der Waals surface area contributed by atoms with Gasteiger partial charge in [0.05, 0.1) is 5.92 Å². The molecule has 1 aliphatic heterocycles. The second-order valence-corrected chi connectivity index (χ2v) is 4.92. The molecule has 0 aromatic heterocycles. The van der Waals surface area contributed by atoms with E-state index in [0.29, 0.717) is 12.8 Å². The molecule has 3 heteroatoms. The highest BCUT2D eigenvalue weighted by molar-refractivity contribution is 5.90. The Morgan fingerprint density at radius 3 is 2.61 bits per heavy atom. The first-order valence-corrected chi connectivity index (χ1v) is 7.15. The van der Waals surface area contributed by atoms with Crippen molar-refractivity contribution in [3.05, 3.63) is 12.2 Å². The van der Waals surface area contributed by atoms with Crippen LogP contribution in [0, 0.1) is 5.92 Å². The Balaban J connectivity index is 2.06. The summed E-state index contributed by atoms with van der Waals surface area (Å²) in [5, 5.41) is 0. The number of ether oxygens (including phenoxy) is 1. The highest BCUT2D eigenvalue weighted by Crippen LogP contribution is 2.18. The third-order valence-corrected chi connectivity index (χ3v) is 3.27. The van der Waals surface area contributed by atoms with Crippen LogP contribution in [-0.2, 0) is 14.3 Å². The topological polar surface area (TPSA) is 43.4 Å². The van der Waals surface area contributed by atoms with Crippen molar-refractivity contribution in [2.75, 3.05) is 0 Å². The number of unbranched alkanes of at least 4 members (excludes halogenated alkanes) is 6. The molecule has 1 atom stereocenters. The third kappa shape index (κ3) is 5.99. The van der Waals surface area contributed by atoms with E-state index in [4.69, 9.17) is 0 Å². The van der Waals surface area contributed by atoms with Crippen LogP contribution in [0.1, 0.15) is 64.7 Å². The van der Waals surface area contributed by atoms with E-state index in [1.807, 2.05) is 6.08 Å². The zero-order valence-electron chi connectivity index (χ0n) is 11.3. The number of carbonyl (C=O) groups excluding carboxylic acids is 2. The molecule has 1 aliphatic rings. The summed E-state index contributed by atoms with van der Waals surface area (Å²) < 4.78 is 4.59. The minimum absolute atomic E-state index is 0.206. The Morgan fingerprint density at radius 2 is 1.89 bits per heavy atom. The van der Waals surface area contributed by atoms with Gasteiger partial charge >= 0.3 is 11.9 Å². The fourth-order valence-corrected chi connectivity index (χ4v) is 2.11. The maximum absolute atomic E-state index is 11.3. The van der Waals surface area contributed by atoms with Gasteiger partial charge in [-0.25, -0.2) is 0 Å². The van der Waals surface area contributed by atoms with E-state index in [9.17, 15) is 9.59 Å². The first kappa shape index (κ1) is 14.9. The first-order valence-electron chi connectivity index (χ1n) is 7.15. The van der Waals surface area contributed by atoms with Gasteiger partial charge in [-0.15, -0.1) is 0 Å². The molecule has 1 rings (SSSR count). The third-order valence-electron chi connectivity index (χ3n) is 3.27. The van der Waals surface area contributed by atoms with Crippen molar-refractivity contribution in [1.82, 2.24) is 0 Å². The molecule has 0 amide bonds. The molecule has 0 saturated carbocycles. The normalized spacial score (nSPS) is 20.4. The largest absolute Gasteiger partial charge is 0.393 e. The number of esters is 2. The van der Waals surface area contributed by atoms with Crippen molar-refractivity contribution in [3.63, 3.8) is 0 Å². The number of carbonyl (C=O) groups is 2. The molecule has 18 heavy (non-hydrogen) atoms. The summed E-state index contributed by atoms with van der Waals surface area (Å²) in [5.41, 5.74) is 0. The van der Waals surface area contributed by atoms with Gasteiger partial charge in [0.2, 0.25) is 0 Å². The predicted molar refractivity (Wildman–Crippen MR) is 71.0 cm³/mol. The summed E-state index contributed by atoms with van der Waals surface area (Å²) >= 11 is 0. The van der Waals surface area contributed by atoms with Crippen LogP contribution in [-0.4, -0.2) is 11.9 Å². The van der Waals surface area contributed by atoms with Crippen LogP contribution < -0.4 is 0 Å². The standard InChI is InChI=1S/C15H24O3/c1-2-3-4-5-6-7-8-9-10-13-11-12-14(16)18-15(13)17/h9-10,13H,2-8,11-12H2,1H3/b10-9+. The molecular weight excluding hydrogens is 228 g/mol. The summed E-state index contributed by atoms with van der Waals surface area (Å²) in [5.74, 6) is -0.978. The maximum Gasteiger partial charge on any atom is 0.320 e. The van der Waals surface area contributed by atoms with E-state index in [0.717, 1.165) is 6.42 Å². The van der Waals surface area contributed by atoms with Gasteiger partial charge in [-0.2, -0.15) is 0 Å². The molecular formula is C15H24O3. The number of hydrogen-bond donors (Lipinski definition) is 0. The molecule has 1 heterocycles. The molecule has 0 aliphatic carbocycles. The number of hydrogen-bond acceptors (Lipinski definition) is 3. The van der Waals surface area contributed by atoms with Gasteiger partial charge in [-0.1, -0.05) is 51.2 Å². The van der Waals surface area contributed by atoms with E-state index < -0.39 is 0 Å². The highest BCUT2D eigenvalue weighted by Gasteiger charge is 2.26. The zero-order valence-corrected chi connectivity index (χ0v) is 11.3. The Kier molecular flexibility index (Phi) is 7.38. The lowest BCUT2D eigenvalue weighted by atomic mass is 10.00. The van der Waals surface area contributed by atoms with Crippen molar-refractivity contribution in [2.24, 2.45) is 5.92 Å². The van der Waals surface area contributed by atoms with Crippen LogP contribution in [0.3, 0.4) is 0 Å². The van der Waals surface area contributed by atoms with Crippen LogP contribution in [0.15, 0.2) is 12.2 Å². The Labute approximate surface area is 110 Å². The smallest absolute Gasteiger partial charge is 0.320 e. The fraction of sp³-hybridized carbons (Fsp3) is 0.733. The van der Waals surface area contributed by atoms with Crippen LogP contribution in [0.25, 0.3) is 0 Å². The fourth-order valence-electron chi connectivity index (χ4n) is 2.11. The Bertz CT molecular complexity index is 294. The SMILES string of the molecule is CCCCCCCC/C=C/C1CCC(=O)OC1=O. The molecule has 1 saturated heterocycles. The molecule has 0 aromatic rings. The van der Waals surface area contributed by atoms with Crippen molar-refractivity contribution in [2.45, 2.75) is 64.7 Å². The van der Waals surface area contributed by atoms with Crippen molar-refractivity contribution >= 4 is 11.9 Å². The quantitative estimate of drug-likeness (QED) is 0.286. The molecule has 0 spiro atoms. The van der Waals surface area contributed by atoms with Crippen LogP contribution >= 0.6 is 0 Å². The summed E-state index contributed by atoms with van der Waals surface area (Å²) in [6.07, 6.45) is 13.6. The highest BCUT2D eigenvalue weighted by atomic mass is 16.6. The van der Waals surface area contributed by atoms with Gasteiger partial charge in [0.25, 0.3) is 0 Å². The predicted octanol–water partition coefficient (Wildman–Crippen LogP) is 3.77. The van der Waals surface area contributed by atoms with E-state index >= 15 is 0 Å². The Morgan fingerprint density at radius 1 is 1.17 bits per heavy atom. The summed E-state index contributed by atoms with van der Waals surface area (Å²) in [6, 6.07) is 0. The lowest BCUT2D eigenvalue weighted by Gasteiger charge is -2.15. The second kappa shape index (κ2) is 8.90. The molecule has 0 radical (unpaired) electrons. The molecule has 0 bridgehead atoms. The molecule has 1 unspecified atom stereocenters. The van der Waals surface area contributed by atoms with Crippen molar-refractivity contribution < 1.29 is 14.3 Å². The molecule has 3 nitrogen and oxygen atoms in total. The van der Waals surface area contributed by atoms with Gasteiger partial charge in [-0.3, -0.25) is 9.59 Å². The molecule has 0 N–H and O–H groups in total. The number of cyclic esters (lactones) is 2. The molecule has 1 fully saturated rings. The van der Waals surface area contributed by atoms with Crippen molar-refractivity contribution in [3.8, 4) is 0 Å². The van der Waals surface area contributed by atoms with E-state index in [2.05, 4.69) is 17.7 Å². The minimum Gasteiger partial charge on any atom is -0.393 e. The minimum atomic E-state index is -0.388. The first-order chi connectivity index (χ1) is 8.74. The monoisotopic (exact) mass is 252 g/mol. The van der Waals surface area contributed by atoms with Gasteiger partial charge in [0.1, 0.15) is 0 Å². The van der Waals surface area contributed by atoms with Gasteiger partial charge in [0, 0.05) is 6.42 Å². The van der Waals surface area contributed by atoms with Gasteiger partial charge in [0.15, 0.2) is 0 Å². The lowest BCUT2D eigenvalue weighted by Crippen LogP contribution is -2.26. The maximum atomic E-state index is 11.3. The average Bonchev–Trinajstić information content (AvgIpc) is 2.35. The van der Waals surface area contributed by atoms with Crippen LogP contribution in [0.5, 0.6) is 0 Å². The van der Waals surface area contributed by atoms with E-state index in [1.165, 1.54) is 38.5 Å². The summed E-state index contributed by atoms with van der Waals surface area (Å²) in [7, 11) is 0. The van der Waals surface area contributed by atoms with Crippen LogP contribution in [0.4, 0.5) is 0 Å². The summed E-state index contributed by atoms with van der Waals surface area (Å²) in [6.45, 7) is 2.22. The molecule has 0 aromatic carbocycles. The van der Waals surface area contributed by atoms with Crippen molar-refractivity contribution in [1.29, 1.82) is 0 Å². The van der Waals surface area contributed by atoms with E-state index in [-0.39, 0.29) is 17.9 Å². The number of rotatable bonds is 8. The number of allylic oxidation sites excluding steroid dienone is 1. The van der Waals surface area contributed by atoms with Gasteiger partial charge in [-0.05, 0) is 19.3 Å². The molecule has 102 valence electrons.